The zero-order valence-corrected chi connectivity index (χ0v) is 11.6. The first-order valence-electron chi connectivity index (χ1n) is 6.73. The molecule has 0 atom stereocenters. The predicted octanol–water partition coefficient (Wildman–Crippen LogP) is 6.00. The molecule has 0 N–H and O–H groups in total. The van der Waals surface area contributed by atoms with Crippen molar-refractivity contribution in [3.63, 3.8) is 0 Å². The quantitative estimate of drug-likeness (QED) is 0.300. The van der Waals surface area contributed by atoms with Crippen LogP contribution >= 0.6 is 8.58 Å². The SMILES string of the molecule is CCC/C=C/[P]CCCCCCCCC. The van der Waals surface area contributed by atoms with E-state index in [-0.39, 0.29) is 0 Å². The van der Waals surface area contributed by atoms with E-state index < -0.39 is 0 Å². The monoisotopic (exact) mass is 227 g/mol. The van der Waals surface area contributed by atoms with E-state index >= 15 is 0 Å². The molecule has 0 spiro atoms. The van der Waals surface area contributed by atoms with Gasteiger partial charge in [0.15, 0.2) is 0 Å². The molecule has 0 bridgehead atoms. The van der Waals surface area contributed by atoms with E-state index in [1.807, 2.05) is 0 Å². The molecule has 0 aliphatic rings. The molecule has 0 aromatic heterocycles. The molecule has 1 heteroatoms. The first-order chi connectivity index (χ1) is 7.41. The van der Waals surface area contributed by atoms with Crippen LogP contribution in [0.25, 0.3) is 0 Å². The molecule has 0 aromatic carbocycles. The van der Waals surface area contributed by atoms with Gasteiger partial charge in [-0.3, -0.25) is 0 Å². The fourth-order valence-electron chi connectivity index (χ4n) is 1.55. The molecule has 0 rings (SSSR count). The Kier molecular flexibility index (Phi) is 14.3. The molecule has 0 aliphatic heterocycles. The minimum absolute atomic E-state index is 1.25. The second kappa shape index (κ2) is 14.2. The Morgan fingerprint density at radius 3 is 2.13 bits per heavy atom. The number of unbranched alkanes of at least 4 members (excludes halogenated alkanes) is 7. The Hall–Kier alpha value is 0.170. The lowest BCUT2D eigenvalue weighted by molar-refractivity contribution is 0.603. The maximum absolute atomic E-state index is 2.33. The van der Waals surface area contributed by atoms with Crippen LogP contribution in [0.3, 0.4) is 0 Å². The molecule has 89 valence electrons. The number of hydrogen-bond acceptors (Lipinski definition) is 0. The van der Waals surface area contributed by atoms with E-state index in [9.17, 15) is 0 Å². The summed E-state index contributed by atoms with van der Waals surface area (Å²) in [4.78, 5) is 0. The van der Waals surface area contributed by atoms with Crippen molar-refractivity contribution >= 4 is 8.58 Å². The number of allylic oxidation sites excluding steroid dienone is 1. The van der Waals surface area contributed by atoms with Crippen molar-refractivity contribution < 1.29 is 0 Å². The van der Waals surface area contributed by atoms with Crippen LogP contribution in [-0.2, 0) is 0 Å². The highest BCUT2D eigenvalue weighted by molar-refractivity contribution is 7.41. The van der Waals surface area contributed by atoms with Crippen LogP contribution in [0.5, 0.6) is 0 Å². The molecule has 0 unspecified atom stereocenters. The zero-order chi connectivity index (χ0) is 11.2. The van der Waals surface area contributed by atoms with Gasteiger partial charge < -0.3 is 0 Å². The fraction of sp³-hybridized carbons (Fsp3) is 0.857. The van der Waals surface area contributed by atoms with E-state index in [2.05, 4.69) is 25.7 Å². The molecule has 0 saturated heterocycles. The standard InChI is InChI=1S/C14H28P/c1-3-5-7-8-9-10-12-14-15-13-11-6-4-2/h11,13H,3-10,12,14H2,1-2H3/b13-11+. The molecule has 0 amide bonds. The molecule has 0 aromatic rings. The van der Waals surface area contributed by atoms with Crippen LogP contribution < -0.4 is 0 Å². The Balaban J connectivity index is 2.92. The first kappa shape index (κ1) is 15.2. The Morgan fingerprint density at radius 2 is 1.47 bits per heavy atom. The summed E-state index contributed by atoms with van der Waals surface area (Å²) < 4.78 is 0. The first-order valence-corrected chi connectivity index (χ1v) is 7.88. The van der Waals surface area contributed by atoms with Gasteiger partial charge in [0.1, 0.15) is 0 Å². The Morgan fingerprint density at radius 1 is 0.800 bits per heavy atom. The summed E-state index contributed by atoms with van der Waals surface area (Å²) in [5.74, 6) is 2.33. The van der Waals surface area contributed by atoms with Gasteiger partial charge in [-0.25, -0.2) is 0 Å². The van der Waals surface area contributed by atoms with Gasteiger partial charge in [0.05, 0.1) is 0 Å². The van der Waals surface area contributed by atoms with Crippen LogP contribution in [0, 0.1) is 0 Å². The van der Waals surface area contributed by atoms with E-state index in [4.69, 9.17) is 0 Å². The normalized spacial score (nSPS) is 12.1. The summed E-state index contributed by atoms with van der Waals surface area (Å²) in [5.41, 5.74) is 0. The van der Waals surface area contributed by atoms with Gasteiger partial charge in [-0.15, -0.1) is 0 Å². The summed E-state index contributed by atoms with van der Waals surface area (Å²) in [6, 6.07) is 0. The summed E-state index contributed by atoms with van der Waals surface area (Å²) in [6.45, 7) is 4.51. The van der Waals surface area contributed by atoms with E-state index in [0.29, 0.717) is 0 Å². The average molecular weight is 227 g/mol. The lowest BCUT2D eigenvalue weighted by Gasteiger charge is -1.99. The van der Waals surface area contributed by atoms with Crippen LogP contribution in [-0.4, -0.2) is 6.16 Å². The highest BCUT2D eigenvalue weighted by Gasteiger charge is 1.90. The topological polar surface area (TPSA) is 0 Å². The van der Waals surface area contributed by atoms with Crippen LogP contribution in [0.4, 0.5) is 0 Å². The van der Waals surface area contributed by atoms with Crippen molar-refractivity contribution in [2.24, 2.45) is 0 Å². The van der Waals surface area contributed by atoms with Crippen molar-refractivity contribution in [1.29, 1.82) is 0 Å². The fourth-order valence-corrected chi connectivity index (χ4v) is 2.40. The van der Waals surface area contributed by atoms with Gasteiger partial charge >= 0.3 is 0 Å². The molecule has 0 fully saturated rings. The summed E-state index contributed by atoms with van der Waals surface area (Å²) in [7, 11) is 1.53. The molecule has 0 nitrogen and oxygen atoms in total. The maximum atomic E-state index is 2.33. The van der Waals surface area contributed by atoms with Crippen LogP contribution in [0.2, 0.25) is 0 Å². The second-order valence-corrected chi connectivity index (χ2v) is 5.31. The predicted molar refractivity (Wildman–Crippen MR) is 73.8 cm³/mol. The van der Waals surface area contributed by atoms with Gasteiger partial charge in [-0.05, 0) is 19.0 Å². The van der Waals surface area contributed by atoms with Crippen molar-refractivity contribution in [2.75, 3.05) is 6.16 Å². The molecular weight excluding hydrogens is 199 g/mol. The van der Waals surface area contributed by atoms with Gasteiger partial charge in [-0.2, -0.15) is 0 Å². The molecule has 0 saturated carbocycles. The van der Waals surface area contributed by atoms with Gasteiger partial charge in [-0.1, -0.05) is 79.3 Å². The largest absolute Gasteiger partial charge is 0.0837 e. The van der Waals surface area contributed by atoms with E-state index in [1.165, 1.54) is 72.5 Å². The van der Waals surface area contributed by atoms with Crippen molar-refractivity contribution in [3.05, 3.63) is 11.9 Å². The Bertz CT molecular complexity index is 129. The highest BCUT2D eigenvalue weighted by Crippen LogP contribution is 2.16. The summed E-state index contributed by atoms with van der Waals surface area (Å²) in [5, 5.41) is 0. The summed E-state index contributed by atoms with van der Waals surface area (Å²) >= 11 is 0. The third-order valence-electron chi connectivity index (χ3n) is 2.56. The third-order valence-corrected chi connectivity index (χ3v) is 3.55. The molecule has 0 aliphatic carbocycles. The second-order valence-electron chi connectivity index (χ2n) is 4.20. The number of rotatable bonds is 11. The molecule has 15 heavy (non-hydrogen) atoms. The minimum Gasteiger partial charge on any atom is -0.0837 e. The smallest absolute Gasteiger partial charge is 0.0250 e. The zero-order valence-electron chi connectivity index (χ0n) is 10.7. The van der Waals surface area contributed by atoms with Gasteiger partial charge in [0, 0.05) is 0 Å². The highest BCUT2D eigenvalue weighted by atomic mass is 31.1. The van der Waals surface area contributed by atoms with Gasteiger partial charge in [0.2, 0.25) is 0 Å². The maximum Gasteiger partial charge on any atom is -0.0250 e. The summed E-state index contributed by atoms with van der Waals surface area (Å²) in [6.07, 6.45) is 16.2. The van der Waals surface area contributed by atoms with Crippen molar-refractivity contribution in [3.8, 4) is 0 Å². The van der Waals surface area contributed by atoms with Crippen molar-refractivity contribution in [1.82, 2.24) is 0 Å². The molecule has 0 heterocycles. The number of hydrogen-bond donors (Lipinski definition) is 0. The Labute approximate surface area is 98.7 Å². The van der Waals surface area contributed by atoms with Crippen LogP contribution in [0.1, 0.15) is 71.6 Å². The van der Waals surface area contributed by atoms with Crippen LogP contribution in [0.15, 0.2) is 11.9 Å². The molecular formula is C14H28P. The third kappa shape index (κ3) is 14.2. The lowest BCUT2D eigenvalue weighted by Crippen LogP contribution is -1.80. The molecule has 1 radical (unpaired) electrons. The lowest BCUT2D eigenvalue weighted by atomic mass is 10.1. The van der Waals surface area contributed by atoms with E-state index in [0.717, 1.165) is 0 Å². The average Bonchev–Trinajstić information content (AvgIpc) is 2.26. The minimum atomic E-state index is 1.25. The van der Waals surface area contributed by atoms with Gasteiger partial charge in [0.25, 0.3) is 0 Å². The van der Waals surface area contributed by atoms with Crippen molar-refractivity contribution in [2.45, 2.75) is 71.6 Å². The van der Waals surface area contributed by atoms with E-state index in [1.54, 1.807) is 0 Å².